The van der Waals surface area contributed by atoms with Crippen LogP contribution in [0.5, 0.6) is 0 Å². The number of pyridine rings is 1. The molecule has 2 heterocycles. The number of hydrogen-bond donors (Lipinski definition) is 1. The topological polar surface area (TPSA) is 57.9 Å². The van der Waals surface area contributed by atoms with Crippen molar-refractivity contribution in [2.24, 2.45) is 0 Å². The number of aromatic nitrogens is 1. The van der Waals surface area contributed by atoms with Gasteiger partial charge in [-0.25, -0.2) is 4.98 Å². The molecular formula is C17H16ClN3O. The largest absolute Gasteiger partial charge is 0.373 e. The van der Waals surface area contributed by atoms with Gasteiger partial charge in [0.1, 0.15) is 11.9 Å². The molecule has 0 aliphatic carbocycles. The number of benzene rings is 1. The number of anilines is 1. The molecule has 2 aromatic rings. The van der Waals surface area contributed by atoms with Crippen LogP contribution in [0.25, 0.3) is 0 Å². The zero-order valence-corrected chi connectivity index (χ0v) is 12.8. The summed E-state index contributed by atoms with van der Waals surface area (Å²) in [7, 11) is 0. The average Bonchev–Trinajstić information content (AvgIpc) is 2.58. The van der Waals surface area contributed by atoms with Crippen molar-refractivity contribution < 1.29 is 4.74 Å². The van der Waals surface area contributed by atoms with E-state index >= 15 is 0 Å². The van der Waals surface area contributed by atoms with Gasteiger partial charge in [0.2, 0.25) is 0 Å². The number of nitrogens with one attached hydrogen (secondary N) is 1. The van der Waals surface area contributed by atoms with Gasteiger partial charge in [0.15, 0.2) is 5.69 Å². The standard InChI is InChI=1S/C17H16ClN3O/c18-14-6-7-17(21-15(14)11-19)20-13-8-9-22-16(10-13)12-4-2-1-3-5-12/h1-7,13,16H,8-10H2,(H,20,21). The van der Waals surface area contributed by atoms with Crippen LogP contribution in [0.2, 0.25) is 5.02 Å². The second-order valence-electron chi connectivity index (χ2n) is 5.27. The molecule has 3 rings (SSSR count). The van der Waals surface area contributed by atoms with Crippen LogP contribution >= 0.6 is 11.6 Å². The van der Waals surface area contributed by atoms with Crippen LogP contribution in [0.15, 0.2) is 42.5 Å². The number of halogens is 1. The molecule has 2 atom stereocenters. The minimum Gasteiger partial charge on any atom is -0.373 e. The second kappa shape index (κ2) is 6.78. The monoisotopic (exact) mass is 313 g/mol. The summed E-state index contributed by atoms with van der Waals surface area (Å²) in [5.74, 6) is 0.680. The second-order valence-corrected chi connectivity index (χ2v) is 5.68. The van der Waals surface area contributed by atoms with E-state index in [4.69, 9.17) is 21.6 Å². The number of nitrogens with zero attached hydrogens (tertiary/aromatic N) is 2. The van der Waals surface area contributed by atoms with Gasteiger partial charge < -0.3 is 10.1 Å². The first-order valence-corrected chi connectivity index (χ1v) is 7.64. The summed E-state index contributed by atoms with van der Waals surface area (Å²) in [5.41, 5.74) is 1.44. The van der Waals surface area contributed by atoms with Crippen molar-refractivity contribution in [3.8, 4) is 6.07 Å². The fourth-order valence-corrected chi connectivity index (χ4v) is 2.79. The third-order valence-electron chi connectivity index (χ3n) is 3.76. The van der Waals surface area contributed by atoms with Gasteiger partial charge in [0.05, 0.1) is 11.1 Å². The molecule has 1 fully saturated rings. The van der Waals surface area contributed by atoms with Crippen molar-refractivity contribution in [2.75, 3.05) is 11.9 Å². The highest BCUT2D eigenvalue weighted by molar-refractivity contribution is 6.31. The van der Waals surface area contributed by atoms with Crippen LogP contribution in [-0.2, 0) is 4.74 Å². The van der Waals surface area contributed by atoms with Crippen molar-refractivity contribution >= 4 is 17.4 Å². The normalized spacial score (nSPS) is 21.1. The van der Waals surface area contributed by atoms with Crippen LogP contribution in [0.4, 0.5) is 5.82 Å². The van der Waals surface area contributed by atoms with Crippen molar-refractivity contribution in [2.45, 2.75) is 25.0 Å². The maximum atomic E-state index is 8.99. The molecule has 0 bridgehead atoms. The van der Waals surface area contributed by atoms with Crippen LogP contribution in [0, 0.1) is 11.3 Å². The highest BCUT2D eigenvalue weighted by atomic mass is 35.5. The molecule has 22 heavy (non-hydrogen) atoms. The lowest BCUT2D eigenvalue weighted by atomic mass is 9.97. The zero-order valence-electron chi connectivity index (χ0n) is 12.0. The number of ether oxygens (including phenoxy) is 1. The Morgan fingerprint density at radius 1 is 1.23 bits per heavy atom. The number of nitriles is 1. The molecule has 1 N–H and O–H groups in total. The number of rotatable bonds is 3. The van der Waals surface area contributed by atoms with Gasteiger partial charge in [-0.15, -0.1) is 0 Å². The van der Waals surface area contributed by atoms with E-state index in [-0.39, 0.29) is 17.8 Å². The lowest BCUT2D eigenvalue weighted by Crippen LogP contribution is -2.30. The molecule has 2 unspecified atom stereocenters. The molecule has 0 radical (unpaired) electrons. The van der Waals surface area contributed by atoms with E-state index in [1.165, 1.54) is 5.56 Å². The molecular weight excluding hydrogens is 298 g/mol. The first-order valence-electron chi connectivity index (χ1n) is 7.26. The van der Waals surface area contributed by atoms with E-state index in [1.54, 1.807) is 12.1 Å². The van der Waals surface area contributed by atoms with Crippen LogP contribution in [0.3, 0.4) is 0 Å². The summed E-state index contributed by atoms with van der Waals surface area (Å²) in [6.45, 7) is 0.704. The molecule has 5 heteroatoms. The van der Waals surface area contributed by atoms with Gasteiger partial charge in [-0.2, -0.15) is 5.26 Å². The summed E-state index contributed by atoms with van der Waals surface area (Å²) < 4.78 is 5.86. The Labute approximate surface area is 134 Å². The minimum absolute atomic E-state index is 0.0928. The number of hydrogen-bond acceptors (Lipinski definition) is 4. The van der Waals surface area contributed by atoms with Gasteiger partial charge >= 0.3 is 0 Å². The Morgan fingerprint density at radius 2 is 2.05 bits per heavy atom. The van der Waals surface area contributed by atoms with Crippen molar-refractivity contribution in [1.82, 2.24) is 4.98 Å². The Balaban J connectivity index is 1.69. The Kier molecular flexibility index (Phi) is 4.57. The van der Waals surface area contributed by atoms with Crippen molar-refractivity contribution in [1.29, 1.82) is 5.26 Å². The van der Waals surface area contributed by atoms with Gasteiger partial charge in [0.25, 0.3) is 0 Å². The summed E-state index contributed by atoms with van der Waals surface area (Å²) in [6.07, 6.45) is 1.88. The molecule has 1 saturated heterocycles. The van der Waals surface area contributed by atoms with Crippen LogP contribution in [0.1, 0.15) is 30.2 Å². The van der Waals surface area contributed by atoms with E-state index in [0.717, 1.165) is 12.8 Å². The summed E-state index contributed by atoms with van der Waals surface area (Å²) in [4.78, 5) is 4.24. The van der Waals surface area contributed by atoms with Gasteiger partial charge in [-0.3, -0.25) is 0 Å². The molecule has 0 amide bonds. The van der Waals surface area contributed by atoms with E-state index in [1.807, 2.05) is 24.3 Å². The third kappa shape index (κ3) is 3.38. The Hall–Kier alpha value is -2.09. The highest BCUT2D eigenvalue weighted by Crippen LogP contribution is 2.29. The van der Waals surface area contributed by atoms with Crippen molar-refractivity contribution in [3.63, 3.8) is 0 Å². The van der Waals surface area contributed by atoms with Gasteiger partial charge in [-0.05, 0) is 30.5 Å². The zero-order chi connectivity index (χ0) is 15.4. The quantitative estimate of drug-likeness (QED) is 0.932. The fourth-order valence-electron chi connectivity index (χ4n) is 2.64. The first-order chi connectivity index (χ1) is 10.8. The molecule has 0 saturated carbocycles. The van der Waals surface area contributed by atoms with E-state index < -0.39 is 0 Å². The Bertz CT molecular complexity index is 684. The maximum absolute atomic E-state index is 8.99. The summed E-state index contributed by atoms with van der Waals surface area (Å²) in [6, 6.07) is 16.0. The SMILES string of the molecule is N#Cc1nc(NC2CCOC(c3ccccc3)C2)ccc1Cl. The van der Waals surface area contributed by atoms with E-state index in [9.17, 15) is 0 Å². The maximum Gasteiger partial charge on any atom is 0.161 e. The van der Waals surface area contributed by atoms with Gasteiger partial charge in [0, 0.05) is 12.6 Å². The van der Waals surface area contributed by atoms with Gasteiger partial charge in [-0.1, -0.05) is 41.9 Å². The predicted molar refractivity (Wildman–Crippen MR) is 85.7 cm³/mol. The smallest absolute Gasteiger partial charge is 0.161 e. The predicted octanol–water partition coefficient (Wildman–Crippen LogP) is 3.94. The molecule has 1 aliphatic rings. The average molecular weight is 314 g/mol. The van der Waals surface area contributed by atoms with Crippen LogP contribution in [-0.4, -0.2) is 17.6 Å². The van der Waals surface area contributed by atoms with Crippen LogP contribution < -0.4 is 5.32 Å². The Morgan fingerprint density at radius 3 is 2.82 bits per heavy atom. The molecule has 1 aliphatic heterocycles. The van der Waals surface area contributed by atoms with Crippen molar-refractivity contribution in [3.05, 3.63) is 58.7 Å². The molecule has 1 aromatic carbocycles. The minimum atomic E-state index is 0.0928. The molecule has 1 aromatic heterocycles. The summed E-state index contributed by atoms with van der Waals surface area (Å²) >= 11 is 5.91. The highest BCUT2D eigenvalue weighted by Gasteiger charge is 2.24. The first kappa shape index (κ1) is 14.8. The van der Waals surface area contributed by atoms with E-state index in [0.29, 0.717) is 17.4 Å². The molecule has 0 spiro atoms. The fraction of sp³-hybridized carbons (Fsp3) is 0.294. The molecule has 112 valence electrons. The lowest BCUT2D eigenvalue weighted by molar-refractivity contribution is 0.00974. The van der Waals surface area contributed by atoms with E-state index in [2.05, 4.69) is 22.4 Å². The summed E-state index contributed by atoms with van der Waals surface area (Å²) in [5, 5.41) is 12.8. The molecule has 4 nitrogen and oxygen atoms in total. The third-order valence-corrected chi connectivity index (χ3v) is 4.06. The lowest BCUT2D eigenvalue weighted by Gasteiger charge is -2.30.